The number of carbonyl (C=O) groups excluding carboxylic acids is 1. The second-order valence-electron chi connectivity index (χ2n) is 8.94. The monoisotopic (exact) mass is 531 g/mol. The number of H-pyrrole nitrogens is 1. The van der Waals surface area contributed by atoms with Gasteiger partial charge in [0.2, 0.25) is 0 Å². The van der Waals surface area contributed by atoms with Crippen molar-refractivity contribution < 1.29 is 22.9 Å². The Labute approximate surface area is 219 Å². The molecule has 5 rings (SSSR count). The molecule has 2 heterocycles. The van der Waals surface area contributed by atoms with Crippen LogP contribution in [0.3, 0.4) is 0 Å². The summed E-state index contributed by atoms with van der Waals surface area (Å²) >= 11 is 0. The van der Waals surface area contributed by atoms with E-state index in [0.717, 1.165) is 10.9 Å². The van der Waals surface area contributed by atoms with E-state index in [2.05, 4.69) is 4.98 Å². The maximum Gasteiger partial charge on any atom is 0.334 e. The highest BCUT2D eigenvalue weighted by molar-refractivity contribution is 7.92. The van der Waals surface area contributed by atoms with E-state index in [4.69, 9.17) is 4.74 Å². The third-order valence-electron chi connectivity index (χ3n) is 6.61. The second-order valence-corrected chi connectivity index (χ2v) is 10.8. The second kappa shape index (κ2) is 9.79. The topological polar surface area (TPSA) is 123 Å². The Kier molecular flexibility index (Phi) is 6.50. The van der Waals surface area contributed by atoms with E-state index >= 15 is 0 Å². The molecule has 194 valence electrons. The summed E-state index contributed by atoms with van der Waals surface area (Å²) in [6.45, 7) is 3.59. The van der Waals surface area contributed by atoms with Gasteiger partial charge in [-0.1, -0.05) is 54.1 Å². The molecule has 0 saturated heterocycles. The number of sulfonamides is 1. The van der Waals surface area contributed by atoms with Crippen molar-refractivity contribution in [1.29, 1.82) is 0 Å². The van der Waals surface area contributed by atoms with Crippen molar-refractivity contribution in [2.45, 2.75) is 24.7 Å². The molecule has 3 aromatic carbocycles. The summed E-state index contributed by atoms with van der Waals surface area (Å²) in [6.07, 6.45) is 1.57. The molecule has 1 aliphatic heterocycles. The minimum Gasteiger partial charge on any atom is -0.463 e. The molecule has 10 heteroatoms. The molecular formula is C28H25N3O6S. The van der Waals surface area contributed by atoms with Crippen LogP contribution in [0.2, 0.25) is 0 Å². The highest BCUT2D eigenvalue weighted by Crippen LogP contribution is 2.45. The first-order valence-corrected chi connectivity index (χ1v) is 13.5. The van der Waals surface area contributed by atoms with Crippen LogP contribution in [0, 0.1) is 17.0 Å². The fourth-order valence-corrected chi connectivity index (χ4v) is 6.18. The van der Waals surface area contributed by atoms with Gasteiger partial charge in [-0.25, -0.2) is 17.5 Å². The molecule has 4 aromatic rings. The molecular weight excluding hydrogens is 506 g/mol. The largest absolute Gasteiger partial charge is 0.463 e. The van der Waals surface area contributed by atoms with Gasteiger partial charge in [0.1, 0.15) is 5.82 Å². The lowest BCUT2D eigenvalue weighted by Crippen LogP contribution is -2.31. The van der Waals surface area contributed by atoms with Gasteiger partial charge in [0.05, 0.1) is 23.0 Å². The Hall–Kier alpha value is -4.44. The van der Waals surface area contributed by atoms with Crippen molar-refractivity contribution in [2.75, 3.05) is 17.5 Å². The SMILES string of the molecule is CCOC(=O)C1=CCN(S(=O)(=O)c2ccc(C)cc2)c2[nH]c3ccccc3c2C1c1ccc([N+](=O)[O-])cc1. The van der Waals surface area contributed by atoms with Gasteiger partial charge in [-0.05, 0) is 37.6 Å². The highest BCUT2D eigenvalue weighted by Gasteiger charge is 2.38. The number of non-ortho nitro benzene ring substituents is 1. The lowest BCUT2D eigenvalue weighted by atomic mass is 9.84. The van der Waals surface area contributed by atoms with Crippen LogP contribution < -0.4 is 4.31 Å². The zero-order chi connectivity index (χ0) is 27.0. The first-order valence-electron chi connectivity index (χ1n) is 12.0. The van der Waals surface area contributed by atoms with E-state index < -0.39 is 26.8 Å². The molecule has 0 bridgehead atoms. The summed E-state index contributed by atoms with van der Waals surface area (Å²) in [6, 6.07) is 19.9. The normalized spacial score (nSPS) is 15.5. The predicted octanol–water partition coefficient (Wildman–Crippen LogP) is 5.21. The van der Waals surface area contributed by atoms with Crippen molar-refractivity contribution in [1.82, 2.24) is 4.98 Å². The van der Waals surface area contributed by atoms with Gasteiger partial charge in [-0.3, -0.25) is 10.1 Å². The number of rotatable bonds is 6. The van der Waals surface area contributed by atoms with Gasteiger partial charge in [0.15, 0.2) is 0 Å². The first kappa shape index (κ1) is 25.2. The summed E-state index contributed by atoms with van der Waals surface area (Å²) in [7, 11) is -4.03. The van der Waals surface area contributed by atoms with E-state index in [1.54, 1.807) is 49.4 Å². The maximum atomic E-state index is 13.9. The average molecular weight is 532 g/mol. The standard InChI is InChI=1S/C28H25N3O6S/c1-3-37-28(32)23-16-17-30(38(35,36)21-14-8-18(2)9-15-21)27-26(22-6-4-5-7-24(22)29-27)25(23)19-10-12-20(13-11-19)31(33)34/h4-16,25,29H,3,17H2,1-2H3. The quantitative estimate of drug-likeness (QED) is 0.207. The van der Waals surface area contributed by atoms with Gasteiger partial charge in [-0.2, -0.15) is 0 Å². The van der Waals surface area contributed by atoms with E-state index in [9.17, 15) is 23.3 Å². The molecule has 1 aliphatic rings. The van der Waals surface area contributed by atoms with Crippen LogP contribution >= 0.6 is 0 Å². The number of hydrogen-bond acceptors (Lipinski definition) is 6. The number of nitro benzene ring substituents is 1. The number of nitrogens with zero attached hydrogens (tertiary/aromatic N) is 2. The fourth-order valence-electron chi connectivity index (χ4n) is 4.79. The first-order chi connectivity index (χ1) is 18.2. The van der Waals surface area contributed by atoms with Gasteiger partial charge in [0.25, 0.3) is 15.7 Å². The van der Waals surface area contributed by atoms with Gasteiger partial charge in [0, 0.05) is 40.1 Å². The maximum absolute atomic E-state index is 13.9. The number of carbonyl (C=O) groups is 1. The molecule has 1 aromatic heterocycles. The smallest absolute Gasteiger partial charge is 0.334 e. The van der Waals surface area contributed by atoms with Crippen molar-refractivity contribution in [3.63, 3.8) is 0 Å². The summed E-state index contributed by atoms with van der Waals surface area (Å²) < 4.78 is 34.5. The number of nitro groups is 1. The van der Waals surface area contributed by atoms with Crippen LogP contribution in [0.25, 0.3) is 10.9 Å². The Morgan fingerprint density at radius 1 is 1.08 bits per heavy atom. The number of aromatic amines is 1. The number of anilines is 1. The number of hydrogen-bond donors (Lipinski definition) is 1. The van der Waals surface area contributed by atoms with Crippen molar-refractivity contribution in [3.8, 4) is 0 Å². The number of aromatic nitrogens is 1. The van der Waals surface area contributed by atoms with Crippen LogP contribution in [-0.2, 0) is 19.6 Å². The molecule has 0 spiro atoms. The van der Waals surface area contributed by atoms with E-state index in [1.807, 2.05) is 31.2 Å². The summed E-state index contributed by atoms with van der Waals surface area (Å²) in [5, 5.41) is 12.0. The summed E-state index contributed by atoms with van der Waals surface area (Å²) in [5.41, 5.74) is 2.95. The number of para-hydroxylation sites is 1. The highest BCUT2D eigenvalue weighted by atomic mass is 32.2. The molecule has 9 nitrogen and oxygen atoms in total. The van der Waals surface area contributed by atoms with E-state index in [-0.39, 0.29) is 29.3 Å². The molecule has 1 N–H and O–H groups in total. The molecule has 0 aliphatic carbocycles. The Balaban J connectivity index is 1.79. The van der Waals surface area contributed by atoms with Gasteiger partial charge >= 0.3 is 5.97 Å². The fraction of sp³-hybridized carbons (Fsp3) is 0.179. The average Bonchev–Trinajstić information content (AvgIpc) is 3.18. The number of fused-ring (bicyclic) bond motifs is 3. The number of esters is 1. The van der Waals surface area contributed by atoms with Gasteiger partial charge in [-0.15, -0.1) is 0 Å². The Morgan fingerprint density at radius 2 is 1.76 bits per heavy atom. The number of benzene rings is 3. The molecule has 0 saturated carbocycles. The molecule has 1 unspecified atom stereocenters. The number of ether oxygens (including phenoxy) is 1. The minimum absolute atomic E-state index is 0.0910. The number of aryl methyl sites for hydroxylation is 1. The van der Waals surface area contributed by atoms with E-state index in [1.165, 1.54) is 16.4 Å². The van der Waals surface area contributed by atoms with Crippen LogP contribution in [0.15, 0.2) is 89.3 Å². The summed E-state index contributed by atoms with van der Waals surface area (Å²) in [4.78, 5) is 27.4. The molecule has 0 fully saturated rings. The predicted molar refractivity (Wildman–Crippen MR) is 144 cm³/mol. The van der Waals surface area contributed by atoms with Crippen LogP contribution in [0.5, 0.6) is 0 Å². The van der Waals surface area contributed by atoms with Crippen molar-refractivity contribution in [3.05, 3.63) is 111 Å². The minimum atomic E-state index is -4.03. The number of nitrogens with one attached hydrogen (secondary N) is 1. The van der Waals surface area contributed by atoms with Crippen molar-refractivity contribution in [2.24, 2.45) is 0 Å². The third kappa shape index (κ3) is 4.32. The lowest BCUT2D eigenvalue weighted by molar-refractivity contribution is -0.384. The summed E-state index contributed by atoms with van der Waals surface area (Å²) in [5.74, 6) is -0.994. The molecule has 1 atom stereocenters. The Bertz CT molecular complexity index is 1670. The van der Waals surface area contributed by atoms with Crippen LogP contribution in [-0.4, -0.2) is 37.4 Å². The zero-order valence-corrected chi connectivity index (χ0v) is 21.6. The molecule has 0 radical (unpaired) electrons. The van der Waals surface area contributed by atoms with Crippen LogP contribution in [0.1, 0.15) is 29.5 Å². The zero-order valence-electron chi connectivity index (χ0n) is 20.7. The van der Waals surface area contributed by atoms with Crippen molar-refractivity contribution >= 4 is 38.4 Å². The van der Waals surface area contributed by atoms with E-state index in [0.29, 0.717) is 22.5 Å². The Morgan fingerprint density at radius 3 is 2.42 bits per heavy atom. The molecule has 0 amide bonds. The molecule has 38 heavy (non-hydrogen) atoms. The van der Waals surface area contributed by atoms with Crippen LogP contribution in [0.4, 0.5) is 11.5 Å². The van der Waals surface area contributed by atoms with Gasteiger partial charge < -0.3 is 9.72 Å². The lowest BCUT2D eigenvalue weighted by Gasteiger charge is -2.23. The third-order valence-corrected chi connectivity index (χ3v) is 8.39.